The molecular weight excluding hydrogens is 603 g/mol. The standard InChI is InChI=1S/C44H27N3S/c1-3-14-29(15-4-1)37-27-38(46-44(45-37)34-22-11-16-28-13-7-8-19-31(28)34)35-23-12-21-32-33-25-26-40-41(43(33)48-42(32)35)36-20-9-10-24-39(36)47(40)30-17-5-2-6-18-30/h1-27H. The molecule has 4 heteroatoms. The zero-order valence-electron chi connectivity index (χ0n) is 25.8. The average molecular weight is 630 g/mol. The molecule has 0 aliphatic carbocycles. The van der Waals surface area contributed by atoms with Gasteiger partial charge in [-0.3, -0.25) is 0 Å². The molecule has 0 saturated carbocycles. The second-order valence-corrected chi connectivity index (χ2v) is 13.2. The fourth-order valence-electron chi connectivity index (χ4n) is 7.25. The normalized spacial score (nSPS) is 11.8. The lowest BCUT2D eigenvalue weighted by Gasteiger charge is -2.11. The highest BCUT2D eigenvalue weighted by atomic mass is 32.1. The molecule has 0 aliphatic heterocycles. The summed E-state index contributed by atoms with van der Waals surface area (Å²) in [4.78, 5) is 10.5. The van der Waals surface area contributed by atoms with Crippen LogP contribution in [0.2, 0.25) is 0 Å². The van der Waals surface area contributed by atoms with E-state index in [0.29, 0.717) is 0 Å². The number of fused-ring (bicyclic) bond motifs is 8. The number of para-hydroxylation sites is 2. The van der Waals surface area contributed by atoms with Crippen molar-refractivity contribution in [2.24, 2.45) is 0 Å². The summed E-state index contributed by atoms with van der Waals surface area (Å²) in [6.07, 6.45) is 0. The molecule has 3 nitrogen and oxygen atoms in total. The first-order valence-electron chi connectivity index (χ1n) is 16.2. The minimum Gasteiger partial charge on any atom is -0.309 e. The minimum absolute atomic E-state index is 0.731. The van der Waals surface area contributed by atoms with Gasteiger partial charge in [-0.1, -0.05) is 133 Å². The Morgan fingerprint density at radius 1 is 0.438 bits per heavy atom. The average Bonchev–Trinajstić information content (AvgIpc) is 3.71. The first kappa shape index (κ1) is 27.1. The quantitative estimate of drug-likeness (QED) is 0.194. The molecule has 10 aromatic rings. The lowest BCUT2D eigenvalue weighted by atomic mass is 10.0. The summed E-state index contributed by atoms with van der Waals surface area (Å²) < 4.78 is 4.92. The maximum Gasteiger partial charge on any atom is 0.161 e. The van der Waals surface area contributed by atoms with Crippen molar-refractivity contribution in [2.75, 3.05) is 0 Å². The number of benzene rings is 7. The van der Waals surface area contributed by atoms with Crippen molar-refractivity contribution < 1.29 is 0 Å². The summed E-state index contributed by atoms with van der Waals surface area (Å²) in [5, 5.41) is 7.40. The first-order chi connectivity index (χ1) is 23.8. The maximum absolute atomic E-state index is 5.32. The van der Waals surface area contributed by atoms with Gasteiger partial charge in [-0.05, 0) is 41.1 Å². The van der Waals surface area contributed by atoms with Gasteiger partial charge in [-0.2, -0.15) is 0 Å². The second kappa shape index (κ2) is 10.7. The third-order valence-electron chi connectivity index (χ3n) is 9.42. The molecule has 0 aliphatic rings. The van der Waals surface area contributed by atoms with Crippen molar-refractivity contribution >= 4 is 64.1 Å². The third-order valence-corrected chi connectivity index (χ3v) is 10.7. The van der Waals surface area contributed by atoms with Crippen LogP contribution >= 0.6 is 11.3 Å². The molecule has 7 aromatic carbocycles. The Hall–Kier alpha value is -6.10. The molecule has 0 radical (unpaired) electrons. The van der Waals surface area contributed by atoms with Gasteiger partial charge in [-0.25, -0.2) is 9.97 Å². The first-order valence-corrected chi connectivity index (χ1v) is 17.0. The number of hydrogen-bond acceptors (Lipinski definition) is 3. The van der Waals surface area contributed by atoms with E-state index in [4.69, 9.17) is 9.97 Å². The Balaban J connectivity index is 1.26. The SMILES string of the molecule is c1ccc(-c2cc(-c3cccc4c3sc3c4ccc4c3c3ccccc3n4-c3ccccc3)nc(-c3cccc4ccccc34)n2)cc1. The van der Waals surface area contributed by atoms with Gasteiger partial charge in [0.05, 0.1) is 22.4 Å². The molecule has 0 atom stereocenters. The van der Waals surface area contributed by atoms with Crippen LogP contribution < -0.4 is 0 Å². The zero-order valence-corrected chi connectivity index (χ0v) is 26.7. The molecule has 0 bridgehead atoms. The molecule has 0 spiro atoms. The van der Waals surface area contributed by atoms with Gasteiger partial charge in [0, 0.05) is 53.3 Å². The van der Waals surface area contributed by atoms with Crippen LogP contribution in [0.5, 0.6) is 0 Å². The molecule has 0 unspecified atom stereocenters. The minimum atomic E-state index is 0.731. The molecule has 3 aromatic heterocycles. The van der Waals surface area contributed by atoms with Gasteiger partial charge in [-0.15, -0.1) is 11.3 Å². The third kappa shape index (κ3) is 4.13. The molecule has 0 saturated heterocycles. The van der Waals surface area contributed by atoms with Crippen molar-refractivity contribution in [3.8, 4) is 39.6 Å². The van der Waals surface area contributed by atoms with Gasteiger partial charge in [0.25, 0.3) is 0 Å². The van der Waals surface area contributed by atoms with E-state index >= 15 is 0 Å². The van der Waals surface area contributed by atoms with Crippen LogP contribution in [0.15, 0.2) is 164 Å². The molecule has 224 valence electrons. The van der Waals surface area contributed by atoms with E-state index in [1.54, 1.807) is 0 Å². The molecule has 3 heterocycles. The Morgan fingerprint density at radius 2 is 1.08 bits per heavy atom. The fraction of sp³-hybridized carbons (Fsp3) is 0. The Labute approximate surface area is 281 Å². The van der Waals surface area contributed by atoms with Crippen molar-refractivity contribution in [3.63, 3.8) is 0 Å². The van der Waals surface area contributed by atoms with Gasteiger partial charge in [0.2, 0.25) is 0 Å². The van der Waals surface area contributed by atoms with E-state index < -0.39 is 0 Å². The van der Waals surface area contributed by atoms with Crippen LogP contribution in [0.3, 0.4) is 0 Å². The highest BCUT2D eigenvalue weighted by molar-refractivity contribution is 7.27. The van der Waals surface area contributed by atoms with Gasteiger partial charge in [0.15, 0.2) is 5.82 Å². The lowest BCUT2D eigenvalue weighted by Crippen LogP contribution is -1.96. The van der Waals surface area contributed by atoms with Crippen LogP contribution in [0.1, 0.15) is 0 Å². The van der Waals surface area contributed by atoms with Crippen molar-refractivity contribution in [1.29, 1.82) is 0 Å². The number of thiophene rings is 1. The predicted octanol–water partition coefficient (Wildman–Crippen LogP) is 12.1. The lowest BCUT2D eigenvalue weighted by molar-refractivity contribution is 1.18. The predicted molar refractivity (Wildman–Crippen MR) is 203 cm³/mol. The summed E-state index contributed by atoms with van der Waals surface area (Å²) >= 11 is 1.87. The monoisotopic (exact) mass is 629 g/mol. The number of aromatic nitrogens is 3. The summed E-state index contributed by atoms with van der Waals surface area (Å²) in [5.74, 6) is 0.731. The van der Waals surface area contributed by atoms with Crippen LogP contribution in [-0.2, 0) is 0 Å². The van der Waals surface area contributed by atoms with Gasteiger partial charge in [0.1, 0.15) is 0 Å². The van der Waals surface area contributed by atoms with E-state index in [-0.39, 0.29) is 0 Å². The van der Waals surface area contributed by atoms with Crippen LogP contribution in [0.25, 0.3) is 92.3 Å². The molecule has 48 heavy (non-hydrogen) atoms. The Morgan fingerprint density at radius 3 is 1.96 bits per heavy atom. The summed E-state index contributed by atoms with van der Waals surface area (Å²) in [6, 6.07) is 58.1. The van der Waals surface area contributed by atoms with E-state index in [0.717, 1.165) is 39.3 Å². The number of rotatable bonds is 4. The van der Waals surface area contributed by atoms with Crippen molar-refractivity contribution in [2.45, 2.75) is 0 Å². The molecular formula is C44H27N3S. The van der Waals surface area contributed by atoms with E-state index in [1.165, 1.54) is 53.1 Å². The summed E-state index contributed by atoms with van der Waals surface area (Å²) in [5.41, 5.74) is 8.66. The maximum atomic E-state index is 5.32. The largest absolute Gasteiger partial charge is 0.309 e. The second-order valence-electron chi connectivity index (χ2n) is 12.2. The molecule has 10 rings (SSSR count). The Kier molecular flexibility index (Phi) is 6.05. The van der Waals surface area contributed by atoms with Gasteiger partial charge >= 0.3 is 0 Å². The number of hydrogen-bond donors (Lipinski definition) is 0. The van der Waals surface area contributed by atoms with Crippen LogP contribution in [0, 0.1) is 0 Å². The van der Waals surface area contributed by atoms with Crippen molar-refractivity contribution in [3.05, 3.63) is 164 Å². The van der Waals surface area contributed by atoms with E-state index in [2.05, 4.69) is 162 Å². The van der Waals surface area contributed by atoms with E-state index in [1.807, 2.05) is 17.4 Å². The fourth-order valence-corrected chi connectivity index (χ4v) is 8.63. The van der Waals surface area contributed by atoms with E-state index in [9.17, 15) is 0 Å². The van der Waals surface area contributed by atoms with Crippen molar-refractivity contribution in [1.82, 2.24) is 14.5 Å². The summed E-state index contributed by atoms with van der Waals surface area (Å²) in [7, 11) is 0. The number of nitrogens with zero attached hydrogens (tertiary/aromatic N) is 3. The van der Waals surface area contributed by atoms with Crippen LogP contribution in [0.4, 0.5) is 0 Å². The molecule has 0 amide bonds. The van der Waals surface area contributed by atoms with Gasteiger partial charge < -0.3 is 4.57 Å². The summed E-state index contributed by atoms with van der Waals surface area (Å²) in [6.45, 7) is 0. The topological polar surface area (TPSA) is 30.7 Å². The smallest absolute Gasteiger partial charge is 0.161 e. The van der Waals surface area contributed by atoms with Crippen LogP contribution in [-0.4, -0.2) is 14.5 Å². The highest BCUT2D eigenvalue weighted by Crippen LogP contribution is 2.46. The molecule has 0 fully saturated rings. The highest BCUT2D eigenvalue weighted by Gasteiger charge is 2.20. The Bertz CT molecular complexity index is 2830. The zero-order chi connectivity index (χ0) is 31.6. The molecule has 0 N–H and O–H groups in total.